The summed E-state index contributed by atoms with van der Waals surface area (Å²) in [6, 6.07) is 1.98. The summed E-state index contributed by atoms with van der Waals surface area (Å²) in [5.74, 6) is -1.23. The lowest BCUT2D eigenvalue weighted by molar-refractivity contribution is -0.197. The Labute approximate surface area is 192 Å². The second-order valence-corrected chi connectivity index (χ2v) is 10.7. The van der Waals surface area contributed by atoms with Crippen LogP contribution in [0.3, 0.4) is 0 Å². The Bertz CT molecular complexity index is 1070. The number of furan rings is 1. The van der Waals surface area contributed by atoms with Crippen molar-refractivity contribution in [2.45, 2.75) is 64.1 Å². The van der Waals surface area contributed by atoms with Gasteiger partial charge in [0.15, 0.2) is 12.1 Å². The van der Waals surface area contributed by atoms with Crippen LogP contribution >= 0.6 is 0 Å². The van der Waals surface area contributed by atoms with Crippen molar-refractivity contribution >= 4 is 11.8 Å². The Kier molecular flexibility index (Phi) is 4.46. The van der Waals surface area contributed by atoms with Crippen molar-refractivity contribution in [1.29, 1.82) is 0 Å². The van der Waals surface area contributed by atoms with Crippen molar-refractivity contribution in [2.75, 3.05) is 7.11 Å². The van der Waals surface area contributed by atoms with Crippen molar-refractivity contribution < 1.29 is 33.3 Å². The van der Waals surface area contributed by atoms with Gasteiger partial charge in [-0.1, -0.05) is 25.5 Å². The average Bonchev–Trinajstić information content (AvgIpc) is 3.54. The fourth-order valence-electron chi connectivity index (χ4n) is 8.13. The van der Waals surface area contributed by atoms with E-state index in [1.807, 2.05) is 13.0 Å². The molecule has 33 heavy (non-hydrogen) atoms. The molecule has 10 atom stereocenters. The Morgan fingerprint density at radius 3 is 2.76 bits per heavy atom. The molecule has 0 radical (unpaired) electrons. The number of carbonyl (C=O) groups is 2. The molecule has 1 aromatic heterocycles. The van der Waals surface area contributed by atoms with E-state index in [0.717, 1.165) is 12.0 Å². The topological polar surface area (TPSA) is 95.2 Å². The molecular formula is C26H30O7. The summed E-state index contributed by atoms with van der Waals surface area (Å²) in [5, 5.41) is 10.6. The van der Waals surface area contributed by atoms with Gasteiger partial charge in [0, 0.05) is 36.2 Å². The van der Waals surface area contributed by atoms with Gasteiger partial charge in [0.1, 0.15) is 12.2 Å². The molecule has 0 aromatic carbocycles. The minimum Gasteiger partial charge on any atom is -0.472 e. The van der Waals surface area contributed by atoms with E-state index in [2.05, 4.69) is 13.8 Å². The minimum absolute atomic E-state index is 0.0221. The number of methoxy groups -OCH3 is 1. The van der Waals surface area contributed by atoms with Crippen molar-refractivity contribution in [3.05, 3.63) is 47.5 Å². The summed E-state index contributed by atoms with van der Waals surface area (Å²) in [6.45, 7) is 6.22. The summed E-state index contributed by atoms with van der Waals surface area (Å²) in [4.78, 5) is 26.4. The zero-order valence-corrected chi connectivity index (χ0v) is 19.3. The number of allylic oxidation sites excluding steroid dienone is 2. The highest BCUT2D eigenvalue weighted by Crippen LogP contribution is 2.70. The first-order valence-corrected chi connectivity index (χ1v) is 11.8. The third-order valence-corrected chi connectivity index (χ3v) is 9.55. The molecule has 1 saturated carbocycles. The van der Waals surface area contributed by atoms with Gasteiger partial charge in [-0.15, -0.1) is 0 Å². The number of esters is 1. The summed E-state index contributed by atoms with van der Waals surface area (Å²) in [5.41, 5.74) is 2.01. The molecule has 6 rings (SSSR count). The second-order valence-electron chi connectivity index (χ2n) is 10.7. The fraction of sp³-hybridized carbons (Fsp3) is 0.615. The molecule has 2 aliphatic heterocycles. The first kappa shape index (κ1) is 21.3. The van der Waals surface area contributed by atoms with Gasteiger partial charge in [-0.3, -0.25) is 9.59 Å². The monoisotopic (exact) mass is 454 g/mol. The summed E-state index contributed by atoms with van der Waals surface area (Å²) in [7, 11) is 1.47. The molecule has 1 N–H and O–H groups in total. The number of aliphatic hydroxyl groups is 1. The van der Waals surface area contributed by atoms with E-state index >= 15 is 0 Å². The van der Waals surface area contributed by atoms with Gasteiger partial charge in [-0.2, -0.15) is 0 Å². The van der Waals surface area contributed by atoms with Crippen LogP contribution in [0.2, 0.25) is 0 Å². The van der Waals surface area contributed by atoms with E-state index in [9.17, 15) is 14.7 Å². The highest BCUT2D eigenvalue weighted by molar-refractivity contribution is 5.99. The van der Waals surface area contributed by atoms with Crippen LogP contribution in [0, 0.1) is 28.6 Å². The van der Waals surface area contributed by atoms with Crippen molar-refractivity contribution in [1.82, 2.24) is 0 Å². The van der Waals surface area contributed by atoms with Crippen LogP contribution in [0.15, 0.2) is 46.3 Å². The minimum atomic E-state index is -1.03. The van der Waals surface area contributed by atoms with Gasteiger partial charge in [0.2, 0.25) is 0 Å². The molecule has 5 aliphatic rings. The standard InChI is InChI=1S/C26H30O7/c1-12-15(13-7-8-31-11-13)9-16-20(12)26(3)17(10-19(28)30-4)25(2)18(27)6-5-14-21(25)22(23(26)32-16)33-24(14)29/h5-8,11,14-17,19,21-23,28H,9-10H2,1-4H3/t14?,15-,16-,17-,19?,21?,22-,23-,25+,26-/m1/s1. The zero-order valence-electron chi connectivity index (χ0n) is 19.3. The number of hydrogen-bond acceptors (Lipinski definition) is 7. The molecule has 2 saturated heterocycles. The molecule has 3 heterocycles. The Morgan fingerprint density at radius 2 is 2.06 bits per heavy atom. The van der Waals surface area contributed by atoms with Gasteiger partial charge in [-0.05, 0) is 42.5 Å². The van der Waals surface area contributed by atoms with Crippen LogP contribution in [0.4, 0.5) is 0 Å². The summed E-state index contributed by atoms with van der Waals surface area (Å²) < 4.78 is 23.3. The smallest absolute Gasteiger partial charge is 0.313 e. The number of ether oxygens (including phenoxy) is 3. The molecule has 0 spiro atoms. The quantitative estimate of drug-likeness (QED) is 0.424. The SMILES string of the molecule is COC(O)C[C@H]1[C@]2(C)C3=C(C)[C@H](c4ccoc4)C[C@H]3O[C@@H]2[C@@H]2OC(=O)C3C=CC(=O)[C@@]1(C)C32. The number of ketones is 1. The molecule has 1 aromatic rings. The Morgan fingerprint density at radius 1 is 1.27 bits per heavy atom. The van der Waals surface area contributed by atoms with Crippen molar-refractivity contribution in [2.24, 2.45) is 28.6 Å². The Balaban J connectivity index is 1.55. The zero-order chi connectivity index (χ0) is 23.3. The predicted molar refractivity (Wildman–Crippen MR) is 116 cm³/mol. The van der Waals surface area contributed by atoms with Crippen LogP contribution in [-0.4, -0.2) is 48.6 Å². The van der Waals surface area contributed by atoms with Crippen molar-refractivity contribution in [3.63, 3.8) is 0 Å². The third-order valence-electron chi connectivity index (χ3n) is 9.55. The lowest BCUT2D eigenvalue weighted by atomic mass is 9.44. The van der Waals surface area contributed by atoms with Crippen LogP contribution < -0.4 is 0 Å². The second kappa shape index (κ2) is 6.90. The van der Waals surface area contributed by atoms with Crippen LogP contribution in [-0.2, 0) is 23.8 Å². The first-order valence-electron chi connectivity index (χ1n) is 11.8. The van der Waals surface area contributed by atoms with Crippen LogP contribution in [0.5, 0.6) is 0 Å². The number of fused-ring (bicyclic) bond motifs is 4. The molecule has 7 nitrogen and oxygen atoms in total. The van der Waals surface area contributed by atoms with Gasteiger partial charge in [-0.25, -0.2) is 0 Å². The number of hydrogen-bond donors (Lipinski definition) is 1. The van der Waals surface area contributed by atoms with Gasteiger partial charge in [0.25, 0.3) is 0 Å². The van der Waals surface area contributed by atoms with E-state index in [1.165, 1.54) is 24.3 Å². The van der Waals surface area contributed by atoms with E-state index in [-0.39, 0.29) is 48.1 Å². The van der Waals surface area contributed by atoms with Gasteiger partial charge < -0.3 is 23.7 Å². The van der Waals surface area contributed by atoms with Crippen LogP contribution in [0.25, 0.3) is 0 Å². The maximum Gasteiger partial charge on any atom is 0.313 e. The molecule has 0 bridgehead atoms. The maximum absolute atomic E-state index is 13.6. The average molecular weight is 455 g/mol. The third kappa shape index (κ3) is 2.51. The van der Waals surface area contributed by atoms with Gasteiger partial charge >= 0.3 is 5.97 Å². The number of carbonyl (C=O) groups excluding carboxylic acids is 2. The Hall–Kier alpha value is -2.22. The van der Waals surface area contributed by atoms with Gasteiger partial charge in [0.05, 0.1) is 24.5 Å². The normalized spacial score (nSPS) is 46.3. The first-order chi connectivity index (χ1) is 15.7. The number of aliphatic hydroxyl groups excluding tert-OH is 1. The van der Waals surface area contributed by atoms with Crippen LogP contribution in [0.1, 0.15) is 45.1 Å². The molecular weight excluding hydrogens is 424 g/mol. The fourth-order valence-corrected chi connectivity index (χ4v) is 8.13. The highest BCUT2D eigenvalue weighted by atomic mass is 16.6. The van der Waals surface area contributed by atoms with E-state index in [4.69, 9.17) is 18.6 Å². The lowest BCUT2D eigenvalue weighted by Crippen LogP contribution is -2.64. The summed E-state index contributed by atoms with van der Waals surface area (Å²) in [6.07, 6.45) is 5.71. The van der Waals surface area contributed by atoms with E-state index in [1.54, 1.807) is 18.6 Å². The van der Waals surface area contributed by atoms with E-state index in [0.29, 0.717) is 0 Å². The predicted octanol–water partition coefficient (Wildman–Crippen LogP) is 3.14. The molecule has 3 aliphatic carbocycles. The lowest BCUT2D eigenvalue weighted by Gasteiger charge is -2.58. The molecule has 3 fully saturated rings. The van der Waals surface area contributed by atoms with E-state index < -0.39 is 29.1 Å². The maximum atomic E-state index is 13.6. The molecule has 7 heteroatoms. The molecule has 3 unspecified atom stereocenters. The molecule has 0 amide bonds. The largest absolute Gasteiger partial charge is 0.472 e. The molecule has 176 valence electrons. The number of rotatable bonds is 4. The highest BCUT2D eigenvalue weighted by Gasteiger charge is 2.75. The summed E-state index contributed by atoms with van der Waals surface area (Å²) >= 11 is 0. The van der Waals surface area contributed by atoms with Crippen molar-refractivity contribution in [3.8, 4) is 0 Å².